The number of rotatable bonds is 4. The second kappa shape index (κ2) is 5.91. The molecule has 94 valence electrons. The molecule has 0 spiro atoms. The van der Waals surface area contributed by atoms with Crippen LogP contribution in [0, 0.1) is 0 Å². The fourth-order valence-electron chi connectivity index (χ4n) is 1.85. The number of anilines is 1. The maximum atomic E-state index is 5.24. The van der Waals surface area contributed by atoms with E-state index in [9.17, 15) is 0 Å². The maximum absolute atomic E-state index is 5.24. The average molecular weight is 306 g/mol. The van der Waals surface area contributed by atoms with Crippen LogP contribution in [0.5, 0.6) is 5.75 Å². The highest BCUT2D eigenvalue weighted by Crippen LogP contribution is 2.22. The van der Waals surface area contributed by atoms with Crippen LogP contribution in [0.4, 0.5) is 5.69 Å². The molecule has 0 radical (unpaired) electrons. The standard InChI is InChI=1S/C15H16BrNO/c1-17(11-12-5-3-6-13(16)9-12)14-7-4-8-15(10-14)18-2/h3-10H,11H2,1-2H3. The SMILES string of the molecule is COc1cccc(N(C)Cc2cccc(Br)c2)c1. The van der Waals surface area contributed by atoms with Crippen molar-refractivity contribution in [1.29, 1.82) is 0 Å². The lowest BCUT2D eigenvalue weighted by atomic mass is 10.2. The van der Waals surface area contributed by atoms with E-state index in [4.69, 9.17) is 4.74 Å². The molecule has 2 rings (SSSR count). The van der Waals surface area contributed by atoms with E-state index in [1.807, 2.05) is 24.3 Å². The van der Waals surface area contributed by atoms with Gasteiger partial charge in [-0.05, 0) is 29.8 Å². The summed E-state index contributed by atoms with van der Waals surface area (Å²) in [4.78, 5) is 2.20. The summed E-state index contributed by atoms with van der Waals surface area (Å²) in [5, 5.41) is 0. The number of methoxy groups -OCH3 is 1. The lowest BCUT2D eigenvalue weighted by molar-refractivity contribution is 0.415. The third-order valence-corrected chi connectivity index (χ3v) is 3.30. The van der Waals surface area contributed by atoms with Gasteiger partial charge in [-0.25, -0.2) is 0 Å². The molecule has 0 N–H and O–H groups in total. The van der Waals surface area contributed by atoms with Gasteiger partial charge in [0.15, 0.2) is 0 Å². The van der Waals surface area contributed by atoms with Gasteiger partial charge >= 0.3 is 0 Å². The number of halogens is 1. The van der Waals surface area contributed by atoms with Gasteiger partial charge < -0.3 is 9.64 Å². The van der Waals surface area contributed by atoms with Crippen LogP contribution >= 0.6 is 15.9 Å². The van der Waals surface area contributed by atoms with Crippen LogP contribution in [0.1, 0.15) is 5.56 Å². The summed E-state index contributed by atoms with van der Waals surface area (Å²) in [5.41, 5.74) is 2.42. The normalized spacial score (nSPS) is 10.2. The zero-order valence-electron chi connectivity index (χ0n) is 10.6. The Bertz CT molecular complexity index is 527. The summed E-state index contributed by atoms with van der Waals surface area (Å²) in [5.74, 6) is 0.883. The topological polar surface area (TPSA) is 12.5 Å². The molecule has 0 aliphatic rings. The number of hydrogen-bond acceptors (Lipinski definition) is 2. The first-order chi connectivity index (χ1) is 8.69. The van der Waals surface area contributed by atoms with Gasteiger partial charge in [0.2, 0.25) is 0 Å². The number of hydrogen-bond donors (Lipinski definition) is 0. The van der Waals surface area contributed by atoms with Gasteiger partial charge in [-0.2, -0.15) is 0 Å². The summed E-state index contributed by atoms with van der Waals surface area (Å²) in [6, 6.07) is 16.4. The number of ether oxygens (including phenoxy) is 1. The molecule has 0 fully saturated rings. The predicted molar refractivity (Wildman–Crippen MR) is 79.2 cm³/mol. The Morgan fingerprint density at radius 1 is 1.11 bits per heavy atom. The van der Waals surface area contributed by atoms with Crippen LogP contribution in [0.25, 0.3) is 0 Å². The molecular weight excluding hydrogens is 290 g/mol. The first-order valence-corrected chi connectivity index (χ1v) is 6.58. The predicted octanol–water partition coefficient (Wildman–Crippen LogP) is 4.09. The van der Waals surface area contributed by atoms with Gasteiger partial charge in [0, 0.05) is 29.8 Å². The zero-order chi connectivity index (χ0) is 13.0. The van der Waals surface area contributed by atoms with Crippen molar-refractivity contribution in [3.05, 3.63) is 58.6 Å². The van der Waals surface area contributed by atoms with Crippen LogP contribution in [0.2, 0.25) is 0 Å². The van der Waals surface area contributed by atoms with Crippen molar-refractivity contribution in [3.8, 4) is 5.75 Å². The summed E-state index contributed by atoms with van der Waals surface area (Å²) in [6.45, 7) is 0.868. The lowest BCUT2D eigenvalue weighted by Crippen LogP contribution is -2.16. The van der Waals surface area contributed by atoms with Crippen molar-refractivity contribution >= 4 is 21.6 Å². The first-order valence-electron chi connectivity index (χ1n) is 5.78. The van der Waals surface area contributed by atoms with E-state index in [0.717, 1.165) is 22.5 Å². The molecule has 0 saturated carbocycles. The maximum Gasteiger partial charge on any atom is 0.120 e. The van der Waals surface area contributed by atoms with Crippen molar-refractivity contribution in [2.75, 3.05) is 19.1 Å². The monoisotopic (exact) mass is 305 g/mol. The van der Waals surface area contributed by atoms with Crippen molar-refractivity contribution in [2.45, 2.75) is 6.54 Å². The van der Waals surface area contributed by atoms with Crippen molar-refractivity contribution in [1.82, 2.24) is 0 Å². The highest BCUT2D eigenvalue weighted by Gasteiger charge is 2.03. The molecule has 0 aromatic heterocycles. The molecule has 0 aliphatic heterocycles. The minimum absolute atomic E-state index is 0.868. The van der Waals surface area contributed by atoms with E-state index >= 15 is 0 Å². The molecule has 0 heterocycles. The summed E-state index contributed by atoms with van der Waals surface area (Å²) in [7, 11) is 3.77. The third-order valence-electron chi connectivity index (χ3n) is 2.80. The van der Waals surface area contributed by atoms with E-state index in [2.05, 4.69) is 52.1 Å². The second-order valence-corrected chi connectivity index (χ2v) is 5.10. The van der Waals surface area contributed by atoms with Gasteiger partial charge in [-0.15, -0.1) is 0 Å². The Kier molecular flexibility index (Phi) is 4.26. The van der Waals surface area contributed by atoms with Crippen LogP contribution in [-0.2, 0) is 6.54 Å². The highest BCUT2D eigenvalue weighted by molar-refractivity contribution is 9.10. The molecule has 2 aromatic carbocycles. The molecule has 2 nitrogen and oxygen atoms in total. The molecular formula is C15H16BrNO. The quantitative estimate of drug-likeness (QED) is 0.843. The molecule has 0 aliphatic carbocycles. The average Bonchev–Trinajstić information content (AvgIpc) is 2.39. The van der Waals surface area contributed by atoms with Gasteiger partial charge in [0.25, 0.3) is 0 Å². The van der Waals surface area contributed by atoms with Crippen LogP contribution in [-0.4, -0.2) is 14.2 Å². The van der Waals surface area contributed by atoms with E-state index < -0.39 is 0 Å². The van der Waals surface area contributed by atoms with Crippen LogP contribution in [0.3, 0.4) is 0 Å². The lowest BCUT2D eigenvalue weighted by Gasteiger charge is -2.20. The van der Waals surface area contributed by atoms with E-state index in [1.165, 1.54) is 5.56 Å². The Labute approximate surface area is 116 Å². The first kappa shape index (κ1) is 13.0. The molecule has 3 heteroatoms. The summed E-state index contributed by atoms with van der Waals surface area (Å²) in [6.07, 6.45) is 0. The van der Waals surface area contributed by atoms with Gasteiger partial charge in [-0.3, -0.25) is 0 Å². The second-order valence-electron chi connectivity index (χ2n) is 4.19. The molecule has 0 saturated heterocycles. The van der Waals surface area contributed by atoms with E-state index in [0.29, 0.717) is 0 Å². The fourth-order valence-corrected chi connectivity index (χ4v) is 2.30. The molecule has 0 unspecified atom stereocenters. The number of nitrogens with zero attached hydrogens (tertiary/aromatic N) is 1. The Balaban J connectivity index is 2.13. The fraction of sp³-hybridized carbons (Fsp3) is 0.200. The van der Waals surface area contributed by atoms with E-state index in [-0.39, 0.29) is 0 Å². The molecule has 0 amide bonds. The Hall–Kier alpha value is -1.48. The largest absolute Gasteiger partial charge is 0.497 e. The van der Waals surface area contributed by atoms with E-state index in [1.54, 1.807) is 7.11 Å². The zero-order valence-corrected chi connectivity index (χ0v) is 12.1. The van der Waals surface area contributed by atoms with Gasteiger partial charge in [-0.1, -0.05) is 34.1 Å². The molecule has 0 atom stereocenters. The molecule has 2 aromatic rings. The minimum Gasteiger partial charge on any atom is -0.497 e. The molecule has 0 bridgehead atoms. The Morgan fingerprint density at radius 2 is 1.89 bits per heavy atom. The highest BCUT2D eigenvalue weighted by atomic mass is 79.9. The summed E-state index contributed by atoms with van der Waals surface area (Å²) < 4.78 is 6.35. The van der Waals surface area contributed by atoms with Crippen LogP contribution in [0.15, 0.2) is 53.0 Å². The molecule has 18 heavy (non-hydrogen) atoms. The Morgan fingerprint density at radius 3 is 2.61 bits per heavy atom. The van der Waals surface area contributed by atoms with Gasteiger partial charge in [0.1, 0.15) is 5.75 Å². The van der Waals surface area contributed by atoms with Crippen molar-refractivity contribution < 1.29 is 4.74 Å². The van der Waals surface area contributed by atoms with Crippen molar-refractivity contribution in [2.24, 2.45) is 0 Å². The third kappa shape index (κ3) is 3.26. The smallest absolute Gasteiger partial charge is 0.120 e. The van der Waals surface area contributed by atoms with Crippen molar-refractivity contribution in [3.63, 3.8) is 0 Å². The van der Waals surface area contributed by atoms with Gasteiger partial charge in [0.05, 0.1) is 7.11 Å². The van der Waals surface area contributed by atoms with Crippen LogP contribution < -0.4 is 9.64 Å². The minimum atomic E-state index is 0.868. The summed E-state index contributed by atoms with van der Waals surface area (Å²) >= 11 is 3.49. The number of benzene rings is 2.